The lowest BCUT2D eigenvalue weighted by molar-refractivity contribution is -0.663. The fourth-order valence-corrected chi connectivity index (χ4v) is 7.42. The first-order valence-corrected chi connectivity index (χ1v) is 12.4. The van der Waals surface area contributed by atoms with Crippen LogP contribution >= 0.6 is 0 Å². The first-order chi connectivity index (χ1) is 16.7. The molecule has 2 heteroatoms. The van der Waals surface area contributed by atoms with E-state index in [-0.39, 0.29) is 0 Å². The Morgan fingerprint density at radius 1 is 0.676 bits per heavy atom. The Bertz CT molecular complexity index is 1950. The van der Waals surface area contributed by atoms with E-state index in [1.165, 1.54) is 88.8 Å². The molecule has 9 rings (SSSR count). The molecule has 3 aliphatic rings. The molecule has 0 radical (unpaired) electrons. The summed E-state index contributed by atoms with van der Waals surface area (Å²) in [6.45, 7) is 5.59. The van der Waals surface area contributed by atoms with Gasteiger partial charge in [0.2, 0.25) is 0 Å². The summed E-state index contributed by atoms with van der Waals surface area (Å²) in [5.74, 6) is 0. The van der Waals surface area contributed by atoms with Gasteiger partial charge in [0, 0.05) is 42.2 Å². The van der Waals surface area contributed by atoms with E-state index in [0.29, 0.717) is 0 Å². The number of aryl methyl sites for hydroxylation is 1. The molecule has 2 aromatic heterocycles. The topological polar surface area (TPSA) is 8.29 Å². The summed E-state index contributed by atoms with van der Waals surface area (Å²) in [6.07, 6.45) is 2.02. The van der Waals surface area contributed by atoms with Gasteiger partial charge in [0.25, 0.3) is 5.65 Å². The maximum Gasteiger partial charge on any atom is 0.295 e. The number of fused-ring (bicyclic) bond motifs is 12. The summed E-state index contributed by atoms with van der Waals surface area (Å²) in [5, 5.41) is 4.38. The van der Waals surface area contributed by atoms with Crippen LogP contribution in [0.25, 0.3) is 49.6 Å². The molecule has 6 aromatic rings. The Labute approximate surface area is 197 Å². The van der Waals surface area contributed by atoms with Crippen LogP contribution in [0.4, 0.5) is 0 Å². The van der Waals surface area contributed by atoms with E-state index in [0.717, 1.165) is 19.4 Å². The van der Waals surface area contributed by atoms with Gasteiger partial charge in [-0.25, -0.2) is 4.57 Å². The van der Waals surface area contributed by atoms with E-state index in [2.05, 4.69) is 89.5 Å². The standard InChI is InChI=1S/C32H23N2/c1-17-18(2)34-31-26-15-20-9-4-6-12-23(20)29(26)28-22-11-5-3-8-19(22)14-25(28)30(31)24-13-7-10-21-16-33(17)32(34)27(21)24/h3-13H,14-16H2,1-2H3/q+1. The summed E-state index contributed by atoms with van der Waals surface area (Å²) >= 11 is 0. The third-order valence-corrected chi connectivity index (χ3v) is 8.91. The maximum absolute atomic E-state index is 2.62. The van der Waals surface area contributed by atoms with Crippen LogP contribution in [-0.2, 0) is 19.4 Å². The molecule has 160 valence electrons. The van der Waals surface area contributed by atoms with Crippen molar-refractivity contribution in [3.8, 4) is 22.3 Å². The van der Waals surface area contributed by atoms with Crippen LogP contribution in [0.15, 0.2) is 66.7 Å². The van der Waals surface area contributed by atoms with Gasteiger partial charge in [-0.15, -0.1) is 0 Å². The summed E-state index contributed by atoms with van der Waals surface area (Å²) in [5.41, 5.74) is 18.9. The van der Waals surface area contributed by atoms with Gasteiger partial charge in [0.1, 0.15) is 23.4 Å². The summed E-state index contributed by atoms with van der Waals surface area (Å²) in [7, 11) is 0. The average Bonchev–Trinajstić information content (AvgIpc) is 3.59. The Morgan fingerprint density at radius 2 is 1.32 bits per heavy atom. The predicted molar refractivity (Wildman–Crippen MR) is 138 cm³/mol. The number of rotatable bonds is 0. The third kappa shape index (κ3) is 1.76. The van der Waals surface area contributed by atoms with Gasteiger partial charge in [-0.05, 0) is 45.4 Å². The van der Waals surface area contributed by atoms with E-state index in [1.54, 1.807) is 0 Å². The van der Waals surface area contributed by atoms with Crippen LogP contribution in [0.1, 0.15) is 39.2 Å². The monoisotopic (exact) mass is 435 g/mol. The lowest BCUT2D eigenvalue weighted by atomic mass is 9.88. The minimum absolute atomic E-state index is 0.983. The number of hydrogen-bond donors (Lipinski definition) is 0. The molecule has 2 nitrogen and oxygen atoms in total. The molecule has 3 heterocycles. The van der Waals surface area contributed by atoms with Gasteiger partial charge >= 0.3 is 0 Å². The van der Waals surface area contributed by atoms with Crippen LogP contribution in [0, 0.1) is 13.8 Å². The summed E-state index contributed by atoms with van der Waals surface area (Å²) in [4.78, 5) is 0. The van der Waals surface area contributed by atoms with Crippen molar-refractivity contribution < 1.29 is 4.57 Å². The SMILES string of the molecule is Cc1c(C)[n+]2c3c4c(cccc4c4c5c(c6c(c4n13)Cc1ccccc1-6)-c1ccccc1C5)C2. The third-order valence-electron chi connectivity index (χ3n) is 8.91. The van der Waals surface area contributed by atoms with E-state index in [4.69, 9.17) is 0 Å². The van der Waals surface area contributed by atoms with Gasteiger partial charge in [-0.2, -0.15) is 4.40 Å². The fourth-order valence-electron chi connectivity index (χ4n) is 7.42. The second kappa shape index (κ2) is 5.59. The molecule has 0 spiro atoms. The van der Waals surface area contributed by atoms with Crippen molar-refractivity contribution in [1.82, 2.24) is 4.40 Å². The number of imidazole rings is 1. The van der Waals surface area contributed by atoms with E-state index < -0.39 is 0 Å². The maximum atomic E-state index is 2.62. The van der Waals surface area contributed by atoms with Crippen molar-refractivity contribution in [1.29, 1.82) is 0 Å². The van der Waals surface area contributed by atoms with Crippen molar-refractivity contribution in [3.63, 3.8) is 0 Å². The number of nitrogens with zero attached hydrogens (tertiary/aromatic N) is 2. The normalized spacial score (nSPS) is 14.4. The molecule has 0 atom stereocenters. The van der Waals surface area contributed by atoms with Gasteiger partial charge in [0.05, 0.1) is 5.39 Å². The lowest BCUT2D eigenvalue weighted by Gasteiger charge is -2.16. The number of hydrogen-bond acceptors (Lipinski definition) is 0. The van der Waals surface area contributed by atoms with E-state index >= 15 is 0 Å². The molecule has 0 N–H and O–H groups in total. The number of benzene rings is 4. The molecule has 2 aliphatic carbocycles. The van der Waals surface area contributed by atoms with Crippen LogP contribution in [0.2, 0.25) is 0 Å². The molecule has 0 bridgehead atoms. The van der Waals surface area contributed by atoms with Gasteiger partial charge in [-0.3, -0.25) is 0 Å². The molecular weight excluding hydrogens is 412 g/mol. The number of aromatic nitrogens is 2. The minimum atomic E-state index is 0.983. The average molecular weight is 436 g/mol. The zero-order valence-electron chi connectivity index (χ0n) is 19.4. The molecule has 0 saturated carbocycles. The molecule has 0 saturated heterocycles. The summed E-state index contributed by atoms with van der Waals surface area (Å²) in [6, 6.07) is 25.2. The molecule has 0 fully saturated rings. The fraction of sp³-hybridized carbons (Fsp3) is 0.156. The zero-order chi connectivity index (χ0) is 22.3. The van der Waals surface area contributed by atoms with Crippen molar-refractivity contribution in [2.24, 2.45) is 0 Å². The van der Waals surface area contributed by atoms with Crippen molar-refractivity contribution in [3.05, 3.63) is 106 Å². The quantitative estimate of drug-likeness (QED) is 0.186. The molecule has 1 aliphatic heterocycles. The number of pyridine rings is 1. The highest BCUT2D eigenvalue weighted by Gasteiger charge is 2.38. The Morgan fingerprint density at radius 3 is 2.09 bits per heavy atom. The largest absolute Gasteiger partial charge is 0.295 e. The molecule has 0 unspecified atom stereocenters. The first kappa shape index (κ1) is 17.6. The van der Waals surface area contributed by atoms with E-state index in [1.807, 2.05) is 0 Å². The lowest BCUT2D eigenvalue weighted by Crippen LogP contribution is -2.33. The van der Waals surface area contributed by atoms with Crippen molar-refractivity contribution in [2.75, 3.05) is 0 Å². The predicted octanol–water partition coefficient (Wildman–Crippen LogP) is 6.65. The van der Waals surface area contributed by atoms with E-state index in [9.17, 15) is 0 Å². The smallest absolute Gasteiger partial charge is 0.222 e. The van der Waals surface area contributed by atoms with Gasteiger partial charge < -0.3 is 0 Å². The van der Waals surface area contributed by atoms with Crippen LogP contribution in [0.5, 0.6) is 0 Å². The molecule has 0 amide bonds. The molecule has 4 aromatic carbocycles. The zero-order valence-corrected chi connectivity index (χ0v) is 19.4. The Kier molecular flexibility index (Phi) is 2.88. The molecule has 34 heavy (non-hydrogen) atoms. The Hall–Kier alpha value is -3.91. The van der Waals surface area contributed by atoms with Crippen molar-refractivity contribution >= 4 is 27.3 Å². The van der Waals surface area contributed by atoms with Gasteiger partial charge in [0.15, 0.2) is 0 Å². The van der Waals surface area contributed by atoms with Crippen LogP contribution in [-0.4, -0.2) is 4.40 Å². The second-order valence-corrected chi connectivity index (χ2v) is 10.4. The highest BCUT2D eigenvalue weighted by Crippen LogP contribution is 2.54. The highest BCUT2D eigenvalue weighted by molar-refractivity contribution is 6.19. The second-order valence-electron chi connectivity index (χ2n) is 10.4. The molecular formula is C32H23N2+. The Balaban J connectivity index is 1.63. The van der Waals surface area contributed by atoms with Crippen LogP contribution < -0.4 is 4.57 Å². The van der Waals surface area contributed by atoms with Crippen LogP contribution in [0.3, 0.4) is 0 Å². The first-order valence-electron chi connectivity index (χ1n) is 12.4. The highest BCUT2D eigenvalue weighted by atomic mass is 15.1. The van der Waals surface area contributed by atoms with Gasteiger partial charge in [-0.1, -0.05) is 66.7 Å². The van der Waals surface area contributed by atoms with Crippen molar-refractivity contribution in [2.45, 2.75) is 33.2 Å². The summed E-state index contributed by atoms with van der Waals surface area (Å²) < 4.78 is 5.17. The minimum Gasteiger partial charge on any atom is -0.222 e.